The van der Waals surface area contributed by atoms with Crippen LogP contribution in [0.2, 0.25) is 0 Å². The highest BCUT2D eigenvalue weighted by Gasteiger charge is 2.31. The van der Waals surface area contributed by atoms with E-state index in [1.165, 1.54) is 0 Å². The highest BCUT2D eigenvalue weighted by molar-refractivity contribution is 5.71. The first kappa shape index (κ1) is 30.1. The van der Waals surface area contributed by atoms with Crippen LogP contribution in [0.3, 0.4) is 0 Å². The van der Waals surface area contributed by atoms with Gasteiger partial charge in [-0.3, -0.25) is 4.84 Å². The number of hydrogen-bond donors (Lipinski definition) is 0. The second-order valence-electron chi connectivity index (χ2n) is 11.0. The molecule has 0 aliphatic rings. The van der Waals surface area contributed by atoms with E-state index in [2.05, 4.69) is 16.8 Å². The number of hydrogen-bond acceptors (Lipinski definition) is 8. The van der Waals surface area contributed by atoms with E-state index in [0.29, 0.717) is 28.7 Å². The van der Waals surface area contributed by atoms with Crippen molar-refractivity contribution in [1.82, 2.24) is 10.0 Å². The number of ether oxygens (including phenoxy) is 3. The average molecular weight is 549 g/mol. The minimum Gasteiger partial charge on any atom is -0.487 e. The van der Waals surface area contributed by atoms with Crippen LogP contribution in [0.1, 0.15) is 65.5 Å². The molecule has 9 heteroatoms. The molecule has 0 N–H and O–H groups in total. The van der Waals surface area contributed by atoms with Crippen molar-refractivity contribution in [2.75, 3.05) is 0 Å². The maximum Gasteiger partial charge on any atom is 0.534 e. The summed E-state index contributed by atoms with van der Waals surface area (Å²) in [5.41, 5.74) is 0.595. The molecule has 0 radical (unpaired) electrons. The molecule has 3 rings (SSSR count). The zero-order valence-electron chi connectivity index (χ0n) is 24.2. The molecule has 0 saturated carbocycles. The van der Waals surface area contributed by atoms with Crippen LogP contribution in [-0.4, -0.2) is 39.5 Å². The van der Waals surface area contributed by atoms with Gasteiger partial charge in [0.2, 0.25) is 5.89 Å². The lowest BCUT2D eigenvalue weighted by Crippen LogP contribution is -2.43. The highest BCUT2D eigenvalue weighted by atomic mass is 16.8. The van der Waals surface area contributed by atoms with Gasteiger partial charge in [0.05, 0.1) is 0 Å². The molecule has 212 valence electrons. The first-order valence-electron chi connectivity index (χ1n) is 12.9. The maximum atomic E-state index is 12.8. The van der Waals surface area contributed by atoms with E-state index in [1.807, 2.05) is 37.3 Å². The van der Waals surface area contributed by atoms with Gasteiger partial charge in [-0.05, 0) is 85.7 Å². The Kier molecular flexibility index (Phi) is 9.48. The first-order chi connectivity index (χ1) is 18.7. The summed E-state index contributed by atoms with van der Waals surface area (Å²) in [6, 6.07) is 16.0. The van der Waals surface area contributed by atoms with Crippen molar-refractivity contribution >= 4 is 12.2 Å². The van der Waals surface area contributed by atoms with Gasteiger partial charge in [-0.2, -0.15) is 0 Å². The molecule has 1 amide bonds. The van der Waals surface area contributed by atoms with E-state index in [4.69, 9.17) is 23.5 Å². The molecule has 0 bridgehead atoms. The third-order valence-corrected chi connectivity index (χ3v) is 5.04. The lowest BCUT2D eigenvalue weighted by molar-refractivity contribution is -0.144. The van der Waals surface area contributed by atoms with Crippen LogP contribution >= 0.6 is 0 Å². The normalized spacial score (nSPS) is 12.0. The van der Waals surface area contributed by atoms with Gasteiger partial charge in [0.15, 0.2) is 0 Å². The van der Waals surface area contributed by atoms with E-state index in [0.717, 1.165) is 10.6 Å². The van der Waals surface area contributed by atoms with Crippen LogP contribution in [0.4, 0.5) is 9.59 Å². The molecule has 40 heavy (non-hydrogen) atoms. The molecule has 1 heterocycles. The summed E-state index contributed by atoms with van der Waals surface area (Å²) in [5, 5.41) is 0.768. The first-order valence-corrected chi connectivity index (χ1v) is 12.9. The largest absolute Gasteiger partial charge is 0.534 e. The van der Waals surface area contributed by atoms with Gasteiger partial charge in [-0.1, -0.05) is 36.1 Å². The second-order valence-corrected chi connectivity index (χ2v) is 11.0. The Balaban J connectivity index is 1.71. The Bertz CT molecular complexity index is 1370. The molecule has 1 unspecified atom stereocenters. The van der Waals surface area contributed by atoms with Crippen molar-refractivity contribution in [3.05, 3.63) is 71.6 Å². The highest BCUT2D eigenvalue weighted by Crippen LogP contribution is 2.23. The van der Waals surface area contributed by atoms with Gasteiger partial charge in [0, 0.05) is 11.1 Å². The van der Waals surface area contributed by atoms with Crippen molar-refractivity contribution in [3.63, 3.8) is 0 Å². The Hall–Kier alpha value is -4.45. The summed E-state index contributed by atoms with van der Waals surface area (Å²) in [6.07, 6.45) is -1.91. The molecular weight excluding hydrogens is 512 g/mol. The predicted molar refractivity (Wildman–Crippen MR) is 149 cm³/mol. The molecule has 9 nitrogen and oxygen atoms in total. The van der Waals surface area contributed by atoms with E-state index in [1.54, 1.807) is 72.7 Å². The van der Waals surface area contributed by atoms with E-state index < -0.39 is 29.5 Å². The van der Waals surface area contributed by atoms with Gasteiger partial charge in [-0.15, -0.1) is 5.06 Å². The number of benzene rings is 2. The Labute approximate surface area is 235 Å². The molecule has 0 aliphatic heterocycles. The number of hydroxylamine groups is 2. The Morgan fingerprint density at radius 1 is 0.975 bits per heavy atom. The lowest BCUT2D eigenvalue weighted by Gasteiger charge is -2.28. The molecular formula is C31H36N2O7. The van der Waals surface area contributed by atoms with Crippen LogP contribution in [-0.2, 0) is 20.9 Å². The number of nitrogens with zero attached hydrogens (tertiary/aromatic N) is 2. The van der Waals surface area contributed by atoms with Crippen molar-refractivity contribution in [3.8, 4) is 29.0 Å². The number of aryl methyl sites for hydroxylation is 1. The average Bonchev–Trinajstić information content (AvgIpc) is 3.23. The van der Waals surface area contributed by atoms with Crippen LogP contribution in [0.15, 0.2) is 59.0 Å². The molecule has 0 aliphatic carbocycles. The minimum atomic E-state index is -1.04. The standard InChI is InChI=1S/C31H36N2O7/c1-21(33(28(34)38-30(3,4)5)40-29(35)39-31(6,7)8)17-18-23-13-12-16-25(19-23)36-20-26-22(2)37-27(32-26)24-14-10-9-11-15-24/h9-16,19,21H,20H2,1-8H3. The zero-order chi connectivity index (χ0) is 29.5. The monoisotopic (exact) mass is 548 g/mol. The minimum absolute atomic E-state index is 0.214. The van der Waals surface area contributed by atoms with Crippen LogP contribution in [0, 0.1) is 18.8 Å². The molecule has 1 atom stereocenters. The maximum absolute atomic E-state index is 12.8. The quantitative estimate of drug-likeness (QED) is 0.190. The number of rotatable bonds is 5. The fraction of sp³-hybridized carbons (Fsp3) is 0.387. The summed E-state index contributed by atoms with van der Waals surface area (Å²) in [7, 11) is 0. The Morgan fingerprint density at radius 2 is 1.65 bits per heavy atom. The predicted octanol–water partition coefficient (Wildman–Crippen LogP) is 7.07. The molecule has 0 spiro atoms. The summed E-state index contributed by atoms with van der Waals surface area (Å²) < 4.78 is 22.3. The van der Waals surface area contributed by atoms with E-state index in [9.17, 15) is 9.59 Å². The van der Waals surface area contributed by atoms with Crippen LogP contribution < -0.4 is 4.74 Å². The number of amides is 1. The van der Waals surface area contributed by atoms with Gasteiger partial charge in [0.25, 0.3) is 0 Å². The number of carbonyl (C=O) groups is 2. The lowest BCUT2D eigenvalue weighted by atomic mass is 10.2. The number of carbonyl (C=O) groups excluding carboxylic acids is 2. The molecule has 0 saturated heterocycles. The van der Waals surface area contributed by atoms with Gasteiger partial charge >= 0.3 is 12.2 Å². The summed E-state index contributed by atoms with van der Waals surface area (Å²) in [5.74, 6) is 7.71. The summed E-state index contributed by atoms with van der Waals surface area (Å²) in [4.78, 5) is 34.8. The topological polar surface area (TPSA) is 100 Å². The Morgan fingerprint density at radius 3 is 2.30 bits per heavy atom. The molecule has 3 aromatic rings. The third-order valence-electron chi connectivity index (χ3n) is 5.04. The van der Waals surface area contributed by atoms with E-state index >= 15 is 0 Å². The third kappa shape index (κ3) is 9.38. The van der Waals surface area contributed by atoms with Crippen LogP contribution in [0.5, 0.6) is 5.75 Å². The number of oxazole rings is 1. The van der Waals surface area contributed by atoms with Gasteiger partial charge in [0.1, 0.15) is 41.1 Å². The van der Waals surface area contributed by atoms with Gasteiger partial charge < -0.3 is 18.6 Å². The fourth-order valence-electron chi connectivity index (χ4n) is 3.26. The zero-order valence-corrected chi connectivity index (χ0v) is 24.2. The van der Waals surface area contributed by atoms with Crippen molar-refractivity contribution in [2.24, 2.45) is 0 Å². The van der Waals surface area contributed by atoms with Crippen molar-refractivity contribution in [1.29, 1.82) is 0 Å². The number of aromatic nitrogens is 1. The van der Waals surface area contributed by atoms with Gasteiger partial charge in [-0.25, -0.2) is 14.6 Å². The summed E-state index contributed by atoms with van der Waals surface area (Å²) >= 11 is 0. The fourth-order valence-corrected chi connectivity index (χ4v) is 3.26. The summed E-state index contributed by atoms with van der Waals surface area (Å²) in [6.45, 7) is 13.9. The molecule has 1 aromatic heterocycles. The smallest absolute Gasteiger partial charge is 0.487 e. The van der Waals surface area contributed by atoms with Crippen molar-refractivity contribution < 1.29 is 33.1 Å². The van der Waals surface area contributed by atoms with E-state index in [-0.39, 0.29) is 6.61 Å². The molecule has 0 fully saturated rings. The van der Waals surface area contributed by atoms with Crippen molar-refractivity contribution in [2.45, 2.75) is 79.2 Å². The second kappa shape index (κ2) is 12.6. The van der Waals surface area contributed by atoms with Crippen LogP contribution in [0.25, 0.3) is 11.5 Å². The molecule has 2 aromatic carbocycles. The SMILES string of the molecule is Cc1oc(-c2ccccc2)nc1COc1cccc(C#CC(C)N(OC(=O)OC(C)(C)C)C(=O)OC(C)(C)C)c1.